The van der Waals surface area contributed by atoms with Crippen LogP contribution in [0.1, 0.15) is 219 Å². The van der Waals surface area contributed by atoms with E-state index in [1.54, 1.807) is 0 Å². The summed E-state index contributed by atoms with van der Waals surface area (Å²) in [6, 6.07) is 0. The minimum Gasteiger partial charge on any atom is -0.462 e. The number of carbonyl (C=O) groups excluding carboxylic acids is 2. The van der Waals surface area contributed by atoms with Crippen LogP contribution in [0.15, 0.2) is 12.2 Å². The third-order valence-electron chi connectivity index (χ3n) is 9.65. The number of unbranched alkanes of at least 4 members (excludes halogenated alkanes) is 27. The van der Waals surface area contributed by atoms with Crippen molar-refractivity contribution in [3.05, 3.63) is 12.2 Å². The summed E-state index contributed by atoms with van der Waals surface area (Å²) in [5.74, 6) is -0.827. The Morgan fingerprint density at radius 2 is 0.925 bits per heavy atom. The maximum absolute atomic E-state index is 12.6. The number of hydrogen-bond acceptors (Lipinski definition) is 8. The van der Waals surface area contributed by atoms with Crippen molar-refractivity contribution in [1.82, 2.24) is 0 Å². The predicted molar refractivity (Wildman–Crippen MR) is 220 cm³/mol. The highest BCUT2D eigenvalue weighted by Crippen LogP contribution is 2.43. The number of phosphoric ester groups is 1. The number of phosphoric acid groups is 1. The van der Waals surface area contributed by atoms with Crippen molar-refractivity contribution in [2.45, 2.75) is 225 Å². The number of ether oxygens (including phenoxy) is 2. The largest absolute Gasteiger partial charge is 0.472 e. The highest BCUT2D eigenvalue weighted by atomic mass is 31.2. The molecule has 0 heterocycles. The van der Waals surface area contributed by atoms with Gasteiger partial charge in [-0.25, -0.2) is 4.57 Å². The lowest BCUT2D eigenvalue weighted by atomic mass is 10.0. The summed E-state index contributed by atoms with van der Waals surface area (Å²) in [5, 5.41) is 0. The molecule has 0 spiro atoms. The summed E-state index contributed by atoms with van der Waals surface area (Å²) in [5.41, 5.74) is 5.35. The van der Waals surface area contributed by atoms with E-state index in [1.165, 1.54) is 135 Å². The second-order valence-electron chi connectivity index (χ2n) is 14.9. The molecule has 0 saturated heterocycles. The molecule has 2 atom stereocenters. The van der Waals surface area contributed by atoms with E-state index in [4.69, 9.17) is 24.3 Å². The fourth-order valence-corrected chi connectivity index (χ4v) is 7.10. The van der Waals surface area contributed by atoms with Crippen LogP contribution in [0.4, 0.5) is 0 Å². The normalized spacial score (nSPS) is 13.4. The first kappa shape index (κ1) is 51.8. The summed E-state index contributed by atoms with van der Waals surface area (Å²) < 4.78 is 32.8. The fourth-order valence-electron chi connectivity index (χ4n) is 6.34. The number of nitrogens with two attached hydrogens (primary N) is 1. The smallest absolute Gasteiger partial charge is 0.462 e. The summed E-state index contributed by atoms with van der Waals surface area (Å²) in [4.78, 5) is 34.9. The van der Waals surface area contributed by atoms with Gasteiger partial charge in [0.05, 0.1) is 13.2 Å². The number of allylic oxidation sites excluding steroid dienone is 2. The van der Waals surface area contributed by atoms with Crippen molar-refractivity contribution >= 4 is 19.8 Å². The number of rotatable bonds is 42. The van der Waals surface area contributed by atoms with Crippen LogP contribution in [0.25, 0.3) is 0 Å². The molecular formula is C43H84NO8P. The zero-order valence-corrected chi connectivity index (χ0v) is 35.4. The fraction of sp³-hybridized carbons (Fsp3) is 0.907. The van der Waals surface area contributed by atoms with Crippen molar-refractivity contribution < 1.29 is 37.6 Å². The molecular weight excluding hydrogens is 689 g/mol. The SMILES string of the molecule is CCCCCCCCC=CCCCCCCCC(=O)OCC(COP(=O)(O)OCCN)OC(=O)CCCCCCCCCCCCCCCCCCC. The molecule has 9 nitrogen and oxygen atoms in total. The van der Waals surface area contributed by atoms with E-state index in [0.29, 0.717) is 6.42 Å². The summed E-state index contributed by atoms with van der Waals surface area (Å²) in [7, 11) is -4.37. The lowest BCUT2D eigenvalue weighted by molar-refractivity contribution is -0.161. The zero-order chi connectivity index (χ0) is 38.9. The molecule has 0 aromatic carbocycles. The Labute approximate surface area is 326 Å². The Morgan fingerprint density at radius 3 is 1.34 bits per heavy atom. The van der Waals surface area contributed by atoms with Gasteiger partial charge in [0.15, 0.2) is 6.10 Å². The lowest BCUT2D eigenvalue weighted by Crippen LogP contribution is -2.29. The minimum absolute atomic E-state index is 0.0552. The van der Waals surface area contributed by atoms with E-state index in [-0.39, 0.29) is 38.6 Å². The van der Waals surface area contributed by atoms with Crippen molar-refractivity contribution in [3.8, 4) is 0 Å². The molecule has 0 aliphatic heterocycles. The van der Waals surface area contributed by atoms with E-state index < -0.39 is 26.5 Å². The van der Waals surface area contributed by atoms with Gasteiger partial charge in [-0.3, -0.25) is 18.6 Å². The van der Waals surface area contributed by atoms with Gasteiger partial charge in [0.25, 0.3) is 0 Å². The summed E-state index contributed by atoms with van der Waals surface area (Å²) >= 11 is 0. The Balaban J connectivity index is 4.12. The van der Waals surface area contributed by atoms with Crippen LogP contribution < -0.4 is 5.73 Å². The highest BCUT2D eigenvalue weighted by Gasteiger charge is 2.26. The quantitative estimate of drug-likeness (QED) is 0.0269. The molecule has 314 valence electrons. The highest BCUT2D eigenvalue weighted by molar-refractivity contribution is 7.47. The lowest BCUT2D eigenvalue weighted by Gasteiger charge is -2.19. The molecule has 2 unspecified atom stereocenters. The molecule has 0 rings (SSSR count). The standard InChI is InChI=1S/C43H84NO8P/c1-3-5-7-9-11-13-15-17-19-20-22-24-26-28-30-32-34-36-43(46)52-41(40-51-53(47,48)50-38-37-44)39-49-42(45)35-33-31-29-27-25-23-21-18-16-14-12-10-8-6-4-2/h18,21,41H,3-17,19-20,22-40,44H2,1-2H3,(H,47,48). The van der Waals surface area contributed by atoms with Crippen LogP contribution in [0.3, 0.4) is 0 Å². The second kappa shape index (κ2) is 40.4. The van der Waals surface area contributed by atoms with Crippen LogP contribution in [0.5, 0.6) is 0 Å². The van der Waals surface area contributed by atoms with Gasteiger partial charge >= 0.3 is 19.8 Å². The van der Waals surface area contributed by atoms with Crippen LogP contribution in [-0.2, 0) is 32.7 Å². The first-order valence-electron chi connectivity index (χ1n) is 22.2. The van der Waals surface area contributed by atoms with Crippen LogP contribution in [0, 0.1) is 0 Å². The molecule has 3 N–H and O–H groups in total. The zero-order valence-electron chi connectivity index (χ0n) is 34.5. The molecule has 0 fully saturated rings. The number of carbonyl (C=O) groups is 2. The van der Waals surface area contributed by atoms with E-state index in [9.17, 15) is 19.0 Å². The van der Waals surface area contributed by atoms with E-state index in [2.05, 4.69) is 26.0 Å². The number of hydrogen-bond donors (Lipinski definition) is 2. The van der Waals surface area contributed by atoms with Gasteiger partial charge in [0.1, 0.15) is 6.61 Å². The Kier molecular flexibility index (Phi) is 39.5. The molecule has 0 bridgehead atoms. The molecule has 0 radical (unpaired) electrons. The van der Waals surface area contributed by atoms with Gasteiger partial charge in [-0.2, -0.15) is 0 Å². The van der Waals surface area contributed by atoms with Gasteiger partial charge in [0.2, 0.25) is 0 Å². The van der Waals surface area contributed by atoms with Crippen LogP contribution in [0.2, 0.25) is 0 Å². The van der Waals surface area contributed by atoms with Gasteiger partial charge < -0.3 is 20.1 Å². The van der Waals surface area contributed by atoms with Crippen molar-refractivity contribution in [2.75, 3.05) is 26.4 Å². The molecule has 0 aliphatic carbocycles. The topological polar surface area (TPSA) is 134 Å². The Hall–Kier alpha value is -1.25. The maximum atomic E-state index is 12.6. The second-order valence-corrected chi connectivity index (χ2v) is 16.4. The average Bonchev–Trinajstić information content (AvgIpc) is 3.14. The van der Waals surface area contributed by atoms with Crippen molar-refractivity contribution in [2.24, 2.45) is 5.73 Å². The van der Waals surface area contributed by atoms with Gasteiger partial charge in [-0.15, -0.1) is 0 Å². The van der Waals surface area contributed by atoms with E-state index in [1.807, 2.05) is 0 Å². The Bertz CT molecular complexity index is 886. The van der Waals surface area contributed by atoms with Gasteiger partial charge in [-0.05, 0) is 38.5 Å². The van der Waals surface area contributed by atoms with Gasteiger partial charge in [-0.1, -0.05) is 180 Å². The maximum Gasteiger partial charge on any atom is 0.472 e. The molecule has 0 aromatic rings. The first-order valence-corrected chi connectivity index (χ1v) is 23.7. The van der Waals surface area contributed by atoms with Crippen molar-refractivity contribution in [3.63, 3.8) is 0 Å². The minimum atomic E-state index is -4.37. The van der Waals surface area contributed by atoms with E-state index in [0.717, 1.165) is 51.4 Å². The molecule has 0 saturated carbocycles. The first-order chi connectivity index (χ1) is 25.8. The summed E-state index contributed by atoms with van der Waals surface area (Å²) in [6.45, 7) is 3.75. The van der Waals surface area contributed by atoms with Gasteiger partial charge in [0, 0.05) is 19.4 Å². The molecule has 0 amide bonds. The monoisotopic (exact) mass is 774 g/mol. The predicted octanol–water partition coefficient (Wildman–Crippen LogP) is 12.6. The number of esters is 2. The molecule has 10 heteroatoms. The third kappa shape index (κ3) is 40.2. The van der Waals surface area contributed by atoms with E-state index >= 15 is 0 Å². The molecule has 0 aliphatic rings. The summed E-state index contributed by atoms with van der Waals surface area (Å²) in [6.07, 6.45) is 40.9. The molecule has 0 aromatic heterocycles. The van der Waals surface area contributed by atoms with Crippen LogP contribution >= 0.6 is 7.82 Å². The third-order valence-corrected chi connectivity index (χ3v) is 10.6. The Morgan fingerprint density at radius 1 is 0.547 bits per heavy atom. The van der Waals surface area contributed by atoms with Crippen molar-refractivity contribution in [1.29, 1.82) is 0 Å². The average molecular weight is 774 g/mol. The van der Waals surface area contributed by atoms with Crippen LogP contribution in [-0.4, -0.2) is 49.3 Å². The molecule has 53 heavy (non-hydrogen) atoms.